The van der Waals surface area contributed by atoms with E-state index in [-0.39, 0.29) is 24.2 Å². The summed E-state index contributed by atoms with van der Waals surface area (Å²) < 4.78 is 10.5. The molecule has 1 saturated heterocycles. The van der Waals surface area contributed by atoms with Gasteiger partial charge < -0.3 is 9.47 Å². The van der Waals surface area contributed by atoms with Gasteiger partial charge in [0.25, 0.3) is 0 Å². The van der Waals surface area contributed by atoms with Gasteiger partial charge in [0.2, 0.25) is 11.8 Å². The van der Waals surface area contributed by atoms with Crippen LogP contribution in [-0.2, 0) is 16.0 Å². The molecule has 0 saturated carbocycles. The van der Waals surface area contributed by atoms with Crippen molar-refractivity contribution >= 4 is 17.5 Å². The topological polar surface area (TPSA) is 55.8 Å². The Bertz CT molecular complexity index is 798. The molecule has 5 nitrogen and oxygen atoms in total. The first-order valence-electron chi connectivity index (χ1n) is 8.18. The molecule has 2 amide bonds. The number of anilines is 1. The van der Waals surface area contributed by atoms with E-state index < -0.39 is 0 Å². The molecule has 5 heteroatoms. The third-order valence-electron chi connectivity index (χ3n) is 4.47. The highest BCUT2D eigenvalue weighted by Crippen LogP contribution is 2.37. The molecular weight excluding hydrogens is 318 g/mol. The number of carbonyl (C=O) groups is 2. The van der Waals surface area contributed by atoms with Crippen LogP contribution in [0.3, 0.4) is 0 Å². The van der Waals surface area contributed by atoms with E-state index in [1.54, 1.807) is 25.3 Å². The van der Waals surface area contributed by atoms with E-state index >= 15 is 0 Å². The summed E-state index contributed by atoms with van der Waals surface area (Å²) >= 11 is 0. The molecule has 130 valence electrons. The molecule has 0 N–H and O–H groups in total. The maximum atomic E-state index is 12.9. The summed E-state index contributed by atoms with van der Waals surface area (Å²) in [5.74, 6) is 0.272. The van der Waals surface area contributed by atoms with Crippen LogP contribution >= 0.6 is 0 Å². The van der Waals surface area contributed by atoms with Gasteiger partial charge in [-0.2, -0.15) is 0 Å². The summed E-state index contributed by atoms with van der Waals surface area (Å²) in [6.45, 7) is 2.02. The van der Waals surface area contributed by atoms with Crippen LogP contribution in [0, 0.1) is 12.8 Å². The molecule has 1 heterocycles. The van der Waals surface area contributed by atoms with Gasteiger partial charge in [-0.15, -0.1) is 0 Å². The number of methoxy groups -OCH3 is 2. The van der Waals surface area contributed by atoms with Crippen molar-refractivity contribution in [3.05, 3.63) is 53.6 Å². The second kappa shape index (κ2) is 6.97. The maximum Gasteiger partial charge on any atom is 0.237 e. The molecule has 0 spiro atoms. The number of aryl methyl sites for hydroxylation is 1. The summed E-state index contributed by atoms with van der Waals surface area (Å²) in [5, 5.41) is 0. The van der Waals surface area contributed by atoms with Gasteiger partial charge in [0, 0.05) is 12.5 Å². The average Bonchev–Trinajstić information content (AvgIpc) is 2.89. The summed E-state index contributed by atoms with van der Waals surface area (Å²) in [7, 11) is 3.06. The monoisotopic (exact) mass is 339 g/mol. The normalized spacial score (nSPS) is 17.1. The van der Waals surface area contributed by atoms with Crippen molar-refractivity contribution in [1.82, 2.24) is 0 Å². The van der Waals surface area contributed by atoms with E-state index in [4.69, 9.17) is 9.47 Å². The van der Waals surface area contributed by atoms with Crippen LogP contribution in [0.1, 0.15) is 17.5 Å². The van der Waals surface area contributed by atoms with E-state index in [0.717, 1.165) is 5.56 Å². The van der Waals surface area contributed by atoms with Crippen molar-refractivity contribution < 1.29 is 19.1 Å². The number of hydrogen-bond donors (Lipinski definition) is 0. The zero-order valence-electron chi connectivity index (χ0n) is 14.6. The van der Waals surface area contributed by atoms with Crippen LogP contribution in [0.15, 0.2) is 42.5 Å². The minimum absolute atomic E-state index is 0.197. The third-order valence-corrected chi connectivity index (χ3v) is 4.47. The number of carbonyl (C=O) groups excluding carboxylic acids is 2. The van der Waals surface area contributed by atoms with Crippen LogP contribution in [0.5, 0.6) is 11.5 Å². The van der Waals surface area contributed by atoms with Crippen molar-refractivity contribution in [2.45, 2.75) is 19.8 Å². The zero-order chi connectivity index (χ0) is 18.0. The Kier molecular flexibility index (Phi) is 4.74. The van der Waals surface area contributed by atoms with Crippen molar-refractivity contribution in [2.75, 3.05) is 19.1 Å². The smallest absolute Gasteiger partial charge is 0.237 e. The predicted molar refractivity (Wildman–Crippen MR) is 95.0 cm³/mol. The number of amides is 2. The van der Waals surface area contributed by atoms with Crippen LogP contribution in [0.4, 0.5) is 5.69 Å². The highest BCUT2D eigenvalue weighted by molar-refractivity contribution is 6.21. The lowest BCUT2D eigenvalue weighted by molar-refractivity contribution is -0.122. The van der Waals surface area contributed by atoms with Crippen molar-refractivity contribution in [3.63, 3.8) is 0 Å². The van der Waals surface area contributed by atoms with Crippen LogP contribution < -0.4 is 14.4 Å². The molecule has 1 fully saturated rings. The van der Waals surface area contributed by atoms with Crippen LogP contribution in [0.25, 0.3) is 0 Å². The van der Waals surface area contributed by atoms with Crippen molar-refractivity contribution in [3.8, 4) is 11.5 Å². The summed E-state index contributed by atoms with van der Waals surface area (Å²) in [6.07, 6.45) is 0.751. The first-order chi connectivity index (χ1) is 12.0. The van der Waals surface area contributed by atoms with E-state index in [1.165, 1.54) is 17.6 Å². The van der Waals surface area contributed by atoms with E-state index in [0.29, 0.717) is 23.6 Å². The first-order valence-corrected chi connectivity index (χ1v) is 8.18. The minimum Gasteiger partial charge on any atom is -0.497 e. The Labute approximate surface area is 147 Å². The second-order valence-corrected chi connectivity index (χ2v) is 6.20. The molecule has 0 aliphatic carbocycles. The van der Waals surface area contributed by atoms with Gasteiger partial charge in [0.15, 0.2) is 0 Å². The fourth-order valence-electron chi connectivity index (χ4n) is 3.09. The molecule has 1 atom stereocenters. The van der Waals surface area contributed by atoms with Gasteiger partial charge in [0.05, 0.1) is 25.8 Å². The molecular formula is C20H21NO4. The first kappa shape index (κ1) is 17.0. The minimum atomic E-state index is -0.355. The maximum absolute atomic E-state index is 12.9. The summed E-state index contributed by atoms with van der Waals surface area (Å²) in [6, 6.07) is 13.1. The van der Waals surface area contributed by atoms with Crippen LogP contribution in [0.2, 0.25) is 0 Å². The number of benzene rings is 2. The van der Waals surface area contributed by atoms with Crippen molar-refractivity contribution in [2.24, 2.45) is 5.92 Å². The fourth-order valence-corrected chi connectivity index (χ4v) is 3.09. The van der Waals surface area contributed by atoms with E-state index in [1.807, 2.05) is 31.2 Å². The third kappa shape index (κ3) is 3.36. The Morgan fingerprint density at radius 1 is 1.04 bits per heavy atom. The number of ether oxygens (including phenoxy) is 2. The Balaban J connectivity index is 1.87. The largest absolute Gasteiger partial charge is 0.497 e. The van der Waals surface area contributed by atoms with E-state index in [2.05, 4.69) is 0 Å². The number of imide groups is 1. The van der Waals surface area contributed by atoms with Crippen molar-refractivity contribution in [1.29, 1.82) is 0 Å². The summed E-state index contributed by atoms with van der Waals surface area (Å²) in [5.41, 5.74) is 2.65. The van der Waals surface area contributed by atoms with E-state index in [9.17, 15) is 9.59 Å². The molecule has 2 aromatic rings. The molecule has 0 radical (unpaired) electrons. The zero-order valence-corrected chi connectivity index (χ0v) is 14.6. The SMILES string of the molecule is COc1ccc(OC)c(N2C(=O)C[C@H](Cc3ccc(C)cc3)C2=O)c1. The molecule has 1 aliphatic rings. The van der Waals surface area contributed by atoms with Gasteiger partial charge in [-0.1, -0.05) is 29.8 Å². The number of hydrogen-bond acceptors (Lipinski definition) is 4. The highest BCUT2D eigenvalue weighted by atomic mass is 16.5. The lowest BCUT2D eigenvalue weighted by Gasteiger charge is -2.19. The molecule has 25 heavy (non-hydrogen) atoms. The molecule has 0 aromatic heterocycles. The average molecular weight is 339 g/mol. The lowest BCUT2D eigenvalue weighted by Crippen LogP contribution is -2.31. The Morgan fingerprint density at radius 2 is 1.76 bits per heavy atom. The fraction of sp³-hybridized carbons (Fsp3) is 0.300. The molecule has 2 aromatic carbocycles. The van der Waals surface area contributed by atoms with Gasteiger partial charge in [-0.3, -0.25) is 9.59 Å². The standard InChI is InChI=1S/C20H21NO4/c1-13-4-6-14(7-5-13)10-15-11-19(22)21(20(15)23)17-12-16(24-2)8-9-18(17)25-3/h4-9,12,15H,10-11H2,1-3H3/t15-/m0/s1. The molecule has 0 unspecified atom stereocenters. The van der Waals surface area contributed by atoms with Gasteiger partial charge in [-0.05, 0) is 31.0 Å². The number of rotatable bonds is 5. The molecule has 1 aliphatic heterocycles. The molecule has 3 rings (SSSR count). The highest BCUT2D eigenvalue weighted by Gasteiger charge is 2.40. The van der Waals surface area contributed by atoms with Gasteiger partial charge >= 0.3 is 0 Å². The number of nitrogens with zero attached hydrogens (tertiary/aromatic N) is 1. The quantitative estimate of drug-likeness (QED) is 0.786. The Morgan fingerprint density at radius 3 is 2.40 bits per heavy atom. The Hall–Kier alpha value is -2.82. The predicted octanol–water partition coefficient (Wildman–Crippen LogP) is 3.13. The van der Waals surface area contributed by atoms with Crippen LogP contribution in [-0.4, -0.2) is 26.0 Å². The van der Waals surface area contributed by atoms with Gasteiger partial charge in [0.1, 0.15) is 11.5 Å². The second-order valence-electron chi connectivity index (χ2n) is 6.20. The molecule has 0 bridgehead atoms. The lowest BCUT2D eigenvalue weighted by atomic mass is 9.97. The van der Waals surface area contributed by atoms with Gasteiger partial charge in [-0.25, -0.2) is 4.90 Å². The summed E-state index contributed by atoms with van der Waals surface area (Å²) in [4.78, 5) is 26.6.